The molecule has 0 aliphatic rings. The summed E-state index contributed by atoms with van der Waals surface area (Å²) in [7, 11) is 0. The molecule has 0 saturated heterocycles. The molecule has 0 radical (unpaired) electrons. The summed E-state index contributed by atoms with van der Waals surface area (Å²) >= 11 is 6.00. The Balaban J connectivity index is 2.64. The van der Waals surface area contributed by atoms with Gasteiger partial charge in [-0.15, -0.1) is 0 Å². The van der Waals surface area contributed by atoms with E-state index in [4.69, 9.17) is 11.6 Å². The summed E-state index contributed by atoms with van der Waals surface area (Å²) in [6.45, 7) is 5.26. The average molecular weight is 223 g/mol. The SMILES string of the molecule is CCCn1nc(CC)c2cc(Cl)ccc21. The van der Waals surface area contributed by atoms with Crippen LogP contribution in [0.25, 0.3) is 10.9 Å². The molecule has 1 aromatic carbocycles. The van der Waals surface area contributed by atoms with E-state index in [-0.39, 0.29) is 0 Å². The Kier molecular flexibility index (Phi) is 2.96. The van der Waals surface area contributed by atoms with Crippen LogP contribution in [0.2, 0.25) is 5.02 Å². The normalized spacial score (nSPS) is 11.1. The van der Waals surface area contributed by atoms with Crippen molar-refractivity contribution in [3.8, 4) is 0 Å². The highest BCUT2D eigenvalue weighted by atomic mass is 35.5. The summed E-state index contributed by atoms with van der Waals surface area (Å²) in [5, 5.41) is 6.58. The third-order valence-corrected chi connectivity index (χ3v) is 2.79. The number of rotatable bonds is 3. The monoisotopic (exact) mass is 222 g/mol. The van der Waals surface area contributed by atoms with Crippen LogP contribution in [0.4, 0.5) is 0 Å². The molecule has 3 heteroatoms. The van der Waals surface area contributed by atoms with Crippen LogP contribution in [-0.2, 0) is 13.0 Å². The number of hydrogen-bond acceptors (Lipinski definition) is 1. The van der Waals surface area contributed by atoms with Crippen molar-refractivity contribution in [2.45, 2.75) is 33.2 Å². The maximum atomic E-state index is 6.00. The van der Waals surface area contributed by atoms with Crippen LogP contribution in [0, 0.1) is 0 Å². The Bertz CT molecular complexity index is 474. The third-order valence-electron chi connectivity index (χ3n) is 2.56. The van der Waals surface area contributed by atoms with Gasteiger partial charge in [0.1, 0.15) is 0 Å². The van der Waals surface area contributed by atoms with Crippen molar-refractivity contribution < 1.29 is 0 Å². The molecule has 2 nitrogen and oxygen atoms in total. The number of halogens is 1. The van der Waals surface area contributed by atoms with Crippen LogP contribution in [0.3, 0.4) is 0 Å². The first-order chi connectivity index (χ1) is 7.26. The lowest BCUT2D eigenvalue weighted by Gasteiger charge is -1.99. The Morgan fingerprint density at radius 3 is 2.80 bits per heavy atom. The van der Waals surface area contributed by atoms with Crippen LogP contribution in [0.5, 0.6) is 0 Å². The van der Waals surface area contributed by atoms with Gasteiger partial charge in [0.2, 0.25) is 0 Å². The lowest BCUT2D eigenvalue weighted by atomic mass is 10.2. The molecule has 0 aliphatic carbocycles. The maximum absolute atomic E-state index is 6.00. The number of nitrogens with zero attached hydrogens (tertiary/aromatic N) is 2. The van der Waals surface area contributed by atoms with Crippen LogP contribution >= 0.6 is 11.6 Å². The number of benzene rings is 1. The molecular weight excluding hydrogens is 208 g/mol. The number of fused-ring (bicyclic) bond motifs is 1. The summed E-state index contributed by atoms with van der Waals surface area (Å²) < 4.78 is 2.07. The molecule has 0 fully saturated rings. The minimum atomic E-state index is 0.785. The van der Waals surface area contributed by atoms with Crippen molar-refractivity contribution in [2.75, 3.05) is 0 Å². The number of aryl methyl sites for hydroxylation is 2. The van der Waals surface area contributed by atoms with E-state index in [1.54, 1.807) is 0 Å². The van der Waals surface area contributed by atoms with Crippen molar-refractivity contribution in [1.29, 1.82) is 0 Å². The molecule has 0 bridgehead atoms. The quantitative estimate of drug-likeness (QED) is 0.775. The van der Waals surface area contributed by atoms with Crippen molar-refractivity contribution in [1.82, 2.24) is 9.78 Å². The lowest BCUT2D eigenvalue weighted by Crippen LogP contribution is -1.98. The van der Waals surface area contributed by atoms with E-state index in [9.17, 15) is 0 Å². The molecule has 0 saturated carbocycles. The van der Waals surface area contributed by atoms with Gasteiger partial charge in [-0.3, -0.25) is 4.68 Å². The highest BCUT2D eigenvalue weighted by molar-refractivity contribution is 6.31. The lowest BCUT2D eigenvalue weighted by molar-refractivity contribution is 0.613. The zero-order chi connectivity index (χ0) is 10.8. The Labute approximate surface area is 94.8 Å². The summed E-state index contributed by atoms with van der Waals surface area (Å²) in [6, 6.07) is 5.99. The highest BCUT2D eigenvalue weighted by Crippen LogP contribution is 2.23. The Hall–Kier alpha value is -1.02. The third kappa shape index (κ3) is 1.86. The molecule has 0 spiro atoms. The highest BCUT2D eigenvalue weighted by Gasteiger charge is 2.08. The fraction of sp³-hybridized carbons (Fsp3) is 0.417. The summed E-state index contributed by atoms with van der Waals surface area (Å²) in [5.74, 6) is 0. The smallest absolute Gasteiger partial charge is 0.0701 e. The van der Waals surface area contributed by atoms with Crippen LogP contribution < -0.4 is 0 Å². The first-order valence-electron chi connectivity index (χ1n) is 5.41. The molecule has 0 atom stereocenters. The second kappa shape index (κ2) is 4.23. The first kappa shape index (κ1) is 10.5. The molecule has 1 heterocycles. The Morgan fingerprint density at radius 2 is 2.13 bits per heavy atom. The molecule has 1 aromatic heterocycles. The van der Waals surface area contributed by atoms with E-state index < -0.39 is 0 Å². The summed E-state index contributed by atoms with van der Waals surface area (Å²) in [5.41, 5.74) is 2.33. The average Bonchev–Trinajstić information content (AvgIpc) is 2.56. The van der Waals surface area contributed by atoms with E-state index in [1.165, 1.54) is 10.9 Å². The minimum Gasteiger partial charge on any atom is -0.265 e. The minimum absolute atomic E-state index is 0.785. The van der Waals surface area contributed by atoms with Gasteiger partial charge in [0.15, 0.2) is 0 Å². The summed E-state index contributed by atoms with van der Waals surface area (Å²) in [4.78, 5) is 0. The zero-order valence-corrected chi connectivity index (χ0v) is 9.88. The van der Waals surface area contributed by atoms with Gasteiger partial charge in [-0.1, -0.05) is 25.4 Å². The molecule has 2 rings (SSSR count). The van der Waals surface area contributed by atoms with Gasteiger partial charge >= 0.3 is 0 Å². The van der Waals surface area contributed by atoms with E-state index in [1.807, 2.05) is 12.1 Å². The van der Waals surface area contributed by atoms with Gasteiger partial charge in [-0.05, 0) is 31.0 Å². The van der Waals surface area contributed by atoms with E-state index in [2.05, 4.69) is 29.7 Å². The molecule has 80 valence electrons. The van der Waals surface area contributed by atoms with Crippen molar-refractivity contribution in [3.05, 3.63) is 28.9 Å². The van der Waals surface area contributed by atoms with Crippen molar-refractivity contribution >= 4 is 22.5 Å². The predicted molar refractivity (Wildman–Crippen MR) is 64.4 cm³/mol. The van der Waals surface area contributed by atoms with Gasteiger partial charge in [0.25, 0.3) is 0 Å². The molecule has 0 N–H and O–H groups in total. The topological polar surface area (TPSA) is 17.8 Å². The van der Waals surface area contributed by atoms with Gasteiger partial charge in [0.05, 0.1) is 11.2 Å². The number of hydrogen-bond donors (Lipinski definition) is 0. The molecule has 15 heavy (non-hydrogen) atoms. The first-order valence-corrected chi connectivity index (χ1v) is 5.79. The summed E-state index contributed by atoms with van der Waals surface area (Å²) in [6.07, 6.45) is 2.05. The fourth-order valence-electron chi connectivity index (χ4n) is 1.86. The zero-order valence-electron chi connectivity index (χ0n) is 9.13. The second-order valence-electron chi connectivity index (χ2n) is 3.68. The van der Waals surface area contributed by atoms with Crippen molar-refractivity contribution in [2.24, 2.45) is 0 Å². The van der Waals surface area contributed by atoms with E-state index in [0.29, 0.717) is 0 Å². The molecular formula is C12H15ClN2. The van der Waals surface area contributed by atoms with Gasteiger partial charge in [-0.2, -0.15) is 5.10 Å². The predicted octanol–water partition coefficient (Wildman–Crippen LogP) is 3.66. The van der Waals surface area contributed by atoms with Crippen LogP contribution in [-0.4, -0.2) is 9.78 Å². The maximum Gasteiger partial charge on any atom is 0.0701 e. The largest absolute Gasteiger partial charge is 0.265 e. The number of aromatic nitrogens is 2. The van der Waals surface area contributed by atoms with Crippen LogP contribution in [0.15, 0.2) is 18.2 Å². The van der Waals surface area contributed by atoms with E-state index >= 15 is 0 Å². The van der Waals surface area contributed by atoms with Crippen LogP contribution in [0.1, 0.15) is 26.0 Å². The van der Waals surface area contributed by atoms with Gasteiger partial charge in [-0.25, -0.2) is 0 Å². The fourth-order valence-corrected chi connectivity index (χ4v) is 2.03. The van der Waals surface area contributed by atoms with Gasteiger partial charge < -0.3 is 0 Å². The molecule has 2 aromatic rings. The molecule has 0 unspecified atom stereocenters. The standard InChI is InChI=1S/C12H15ClN2/c1-3-7-15-12-6-5-9(13)8-10(12)11(4-2)14-15/h5-6,8H,3-4,7H2,1-2H3. The molecule has 0 amide bonds. The van der Waals surface area contributed by atoms with Gasteiger partial charge in [0, 0.05) is 17.0 Å². The Morgan fingerprint density at radius 1 is 1.33 bits per heavy atom. The molecule has 0 aliphatic heterocycles. The second-order valence-corrected chi connectivity index (χ2v) is 4.12. The van der Waals surface area contributed by atoms with Crippen molar-refractivity contribution in [3.63, 3.8) is 0 Å². The van der Waals surface area contributed by atoms with E-state index in [0.717, 1.165) is 30.1 Å².